The minimum absolute atomic E-state index is 0.0556. The van der Waals surface area contributed by atoms with Crippen LogP contribution < -0.4 is 0 Å². The molecule has 2 nitrogen and oxygen atoms in total. The van der Waals surface area contributed by atoms with Gasteiger partial charge in [-0.25, -0.2) is 0 Å². The van der Waals surface area contributed by atoms with Gasteiger partial charge in [0.2, 0.25) is 0 Å². The zero-order valence-electron chi connectivity index (χ0n) is 10.9. The first-order valence-electron chi connectivity index (χ1n) is 6.31. The monoisotopic (exact) mass is 281 g/mol. The van der Waals surface area contributed by atoms with Crippen LogP contribution in [0.2, 0.25) is 5.02 Å². The molecule has 0 amide bonds. The number of rotatable bonds is 2. The molecular weight excluding hydrogens is 270 g/mol. The maximum Gasteiger partial charge on any atom is 0.195 e. The van der Waals surface area contributed by atoms with E-state index in [1.54, 1.807) is 18.3 Å². The Hall–Kier alpha value is -2.19. The van der Waals surface area contributed by atoms with Crippen molar-refractivity contribution in [3.63, 3.8) is 0 Å². The molecule has 2 aromatic carbocycles. The lowest BCUT2D eigenvalue weighted by molar-refractivity contribution is 0.104. The predicted octanol–water partition coefficient (Wildman–Crippen LogP) is 4.43. The van der Waals surface area contributed by atoms with E-state index in [4.69, 9.17) is 11.6 Å². The highest BCUT2D eigenvalue weighted by atomic mass is 35.5. The van der Waals surface area contributed by atoms with Gasteiger partial charge in [0.1, 0.15) is 0 Å². The predicted molar refractivity (Wildman–Crippen MR) is 81.4 cm³/mol. The number of para-hydroxylation sites is 1. The van der Waals surface area contributed by atoms with Crippen LogP contribution in [-0.2, 0) is 0 Å². The van der Waals surface area contributed by atoms with Crippen LogP contribution in [0.1, 0.15) is 21.5 Å². The van der Waals surface area contributed by atoms with Crippen LogP contribution in [0.25, 0.3) is 10.9 Å². The van der Waals surface area contributed by atoms with E-state index in [-0.39, 0.29) is 5.78 Å². The summed E-state index contributed by atoms with van der Waals surface area (Å²) in [6, 6.07) is 14.8. The lowest BCUT2D eigenvalue weighted by atomic mass is 9.99. The van der Waals surface area contributed by atoms with Gasteiger partial charge in [-0.2, -0.15) is 0 Å². The number of fused-ring (bicyclic) bond motifs is 1. The zero-order chi connectivity index (χ0) is 14.1. The molecule has 1 heterocycles. The fraction of sp³-hybridized carbons (Fsp3) is 0.0588. The van der Waals surface area contributed by atoms with E-state index < -0.39 is 0 Å². The molecule has 0 saturated heterocycles. The van der Waals surface area contributed by atoms with Crippen LogP contribution in [0, 0.1) is 6.92 Å². The highest BCUT2D eigenvalue weighted by Gasteiger charge is 2.14. The summed E-state index contributed by atoms with van der Waals surface area (Å²) in [5, 5.41) is 1.53. The molecule has 0 saturated carbocycles. The molecule has 3 aromatic rings. The molecule has 0 bridgehead atoms. The number of hydrogen-bond donors (Lipinski definition) is 0. The van der Waals surface area contributed by atoms with Crippen molar-refractivity contribution in [1.82, 2.24) is 4.98 Å². The first-order chi connectivity index (χ1) is 9.65. The third-order valence-electron chi connectivity index (χ3n) is 3.18. The molecule has 20 heavy (non-hydrogen) atoms. The summed E-state index contributed by atoms with van der Waals surface area (Å²) in [4.78, 5) is 17.0. The van der Waals surface area contributed by atoms with E-state index in [2.05, 4.69) is 4.98 Å². The Kier molecular flexibility index (Phi) is 3.25. The van der Waals surface area contributed by atoms with Gasteiger partial charge in [-0.15, -0.1) is 0 Å². The maximum atomic E-state index is 12.7. The standard InChI is InChI=1S/C17H12ClNO/c1-11-8-13(10-14(18)9-11)17(20)15-6-2-4-12-5-3-7-19-16(12)15/h2-10H,1H3. The molecule has 0 radical (unpaired) electrons. The summed E-state index contributed by atoms with van der Waals surface area (Å²) < 4.78 is 0. The number of carbonyl (C=O) groups is 1. The van der Waals surface area contributed by atoms with Gasteiger partial charge < -0.3 is 0 Å². The van der Waals surface area contributed by atoms with E-state index in [0.717, 1.165) is 16.5 Å². The third kappa shape index (κ3) is 2.30. The van der Waals surface area contributed by atoms with Gasteiger partial charge >= 0.3 is 0 Å². The molecule has 0 fully saturated rings. The summed E-state index contributed by atoms with van der Waals surface area (Å²) in [7, 11) is 0. The number of halogens is 1. The fourth-order valence-electron chi connectivity index (χ4n) is 2.31. The summed E-state index contributed by atoms with van der Waals surface area (Å²) in [6.07, 6.45) is 1.70. The van der Waals surface area contributed by atoms with E-state index in [0.29, 0.717) is 16.1 Å². The molecule has 3 rings (SSSR count). The number of nitrogens with zero attached hydrogens (tertiary/aromatic N) is 1. The van der Waals surface area contributed by atoms with Crippen LogP contribution in [0.5, 0.6) is 0 Å². The van der Waals surface area contributed by atoms with Gasteiger partial charge in [-0.1, -0.05) is 29.8 Å². The fourth-order valence-corrected chi connectivity index (χ4v) is 2.60. The number of benzene rings is 2. The van der Waals surface area contributed by atoms with Gasteiger partial charge in [0.25, 0.3) is 0 Å². The highest BCUT2D eigenvalue weighted by molar-refractivity contribution is 6.31. The Bertz CT molecular complexity index is 785. The minimum atomic E-state index is -0.0556. The van der Waals surface area contributed by atoms with Gasteiger partial charge in [-0.05, 0) is 42.8 Å². The Balaban J connectivity index is 2.17. The van der Waals surface area contributed by atoms with Crippen LogP contribution in [-0.4, -0.2) is 10.8 Å². The third-order valence-corrected chi connectivity index (χ3v) is 3.40. The number of aryl methyl sites for hydroxylation is 1. The molecule has 0 aliphatic rings. The molecule has 0 atom stereocenters. The van der Waals surface area contributed by atoms with E-state index in [1.807, 2.05) is 43.3 Å². The zero-order valence-corrected chi connectivity index (χ0v) is 11.7. The second-order valence-corrected chi connectivity index (χ2v) is 5.16. The number of carbonyl (C=O) groups excluding carboxylic acids is 1. The van der Waals surface area contributed by atoms with Crippen LogP contribution in [0.4, 0.5) is 0 Å². The minimum Gasteiger partial charge on any atom is -0.289 e. The van der Waals surface area contributed by atoms with Crippen LogP contribution in [0.3, 0.4) is 0 Å². The average Bonchev–Trinajstić information content (AvgIpc) is 2.45. The largest absolute Gasteiger partial charge is 0.289 e. The molecule has 0 N–H and O–H groups in total. The summed E-state index contributed by atoms with van der Waals surface area (Å²) in [5.41, 5.74) is 2.88. The van der Waals surface area contributed by atoms with Crippen molar-refractivity contribution in [3.8, 4) is 0 Å². The number of aromatic nitrogens is 1. The summed E-state index contributed by atoms with van der Waals surface area (Å²) in [5.74, 6) is -0.0556. The quantitative estimate of drug-likeness (QED) is 0.651. The molecule has 0 unspecified atom stereocenters. The summed E-state index contributed by atoms with van der Waals surface area (Å²) in [6.45, 7) is 1.92. The first-order valence-corrected chi connectivity index (χ1v) is 6.68. The maximum absolute atomic E-state index is 12.7. The van der Waals surface area contributed by atoms with Crippen molar-refractivity contribution < 1.29 is 4.79 Å². The Morgan fingerprint density at radius 2 is 1.90 bits per heavy atom. The van der Waals surface area contributed by atoms with E-state index in [1.165, 1.54) is 0 Å². The second-order valence-electron chi connectivity index (χ2n) is 4.73. The van der Waals surface area contributed by atoms with Crippen molar-refractivity contribution in [2.24, 2.45) is 0 Å². The first kappa shape index (κ1) is 12.8. The topological polar surface area (TPSA) is 30.0 Å². The molecule has 0 spiro atoms. The van der Waals surface area contributed by atoms with Crippen molar-refractivity contribution >= 4 is 28.3 Å². The van der Waals surface area contributed by atoms with Gasteiger partial charge in [0, 0.05) is 27.7 Å². The number of hydrogen-bond acceptors (Lipinski definition) is 2. The van der Waals surface area contributed by atoms with Crippen molar-refractivity contribution in [3.05, 3.63) is 76.4 Å². The lowest BCUT2D eigenvalue weighted by Gasteiger charge is -2.06. The second kappa shape index (κ2) is 5.06. The van der Waals surface area contributed by atoms with Gasteiger partial charge in [0.15, 0.2) is 5.78 Å². The smallest absolute Gasteiger partial charge is 0.195 e. The Labute approximate surface area is 122 Å². The number of pyridine rings is 1. The van der Waals surface area contributed by atoms with E-state index >= 15 is 0 Å². The van der Waals surface area contributed by atoms with Gasteiger partial charge in [0.05, 0.1) is 5.52 Å². The number of ketones is 1. The molecule has 3 heteroatoms. The molecular formula is C17H12ClNO. The van der Waals surface area contributed by atoms with Crippen molar-refractivity contribution in [2.45, 2.75) is 6.92 Å². The van der Waals surface area contributed by atoms with Gasteiger partial charge in [-0.3, -0.25) is 9.78 Å². The molecule has 98 valence electrons. The Morgan fingerprint density at radius 3 is 2.70 bits per heavy atom. The molecule has 0 aliphatic carbocycles. The van der Waals surface area contributed by atoms with Crippen molar-refractivity contribution in [1.29, 1.82) is 0 Å². The molecule has 0 aliphatic heterocycles. The van der Waals surface area contributed by atoms with Crippen LogP contribution >= 0.6 is 11.6 Å². The lowest BCUT2D eigenvalue weighted by Crippen LogP contribution is -2.03. The van der Waals surface area contributed by atoms with E-state index in [9.17, 15) is 4.79 Å². The Morgan fingerprint density at radius 1 is 1.10 bits per heavy atom. The highest BCUT2D eigenvalue weighted by Crippen LogP contribution is 2.22. The summed E-state index contributed by atoms with van der Waals surface area (Å²) >= 11 is 6.03. The average molecular weight is 282 g/mol. The van der Waals surface area contributed by atoms with Crippen LogP contribution in [0.15, 0.2) is 54.7 Å². The molecule has 1 aromatic heterocycles. The SMILES string of the molecule is Cc1cc(Cl)cc(C(=O)c2cccc3cccnc23)c1. The normalized spacial score (nSPS) is 10.7. The van der Waals surface area contributed by atoms with Crippen molar-refractivity contribution in [2.75, 3.05) is 0 Å².